The van der Waals surface area contributed by atoms with Gasteiger partial charge in [-0.15, -0.1) is 0 Å². The Hall–Kier alpha value is -3.67. The van der Waals surface area contributed by atoms with Crippen LogP contribution in [0.3, 0.4) is 0 Å². The summed E-state index contributed by atoms with van der Waals surface area (Å²) in [6.07, 6.45) is 0. The second-order valence-electron chi connectivity index (χ2n) is 6.14. The molecule has 0 aliphatic heterocycles. The summed E-state index contributed by atoms with van der Waals surface area (Å²) in [4.78, 5) is 12.6. The van der Waals surface area contributed by atoms with Crippen molar-refractivity contribution in [3.8, 4) is 28.7 Å². The van der Waals surface area contributed by atoms with E-state index in [2.05, 4.69) is 5.32 Å². The van der Waals surface area contributed by atoms with Crippen LogP contribution in [0.15, 0.2) is 66.7 Å². The number of nitrogens with one attached hydrogen (secondary N) is 1. The monoisotopic (exact) mass is 393 g/mol. The first-order valence-electron chi connectivity index (χ1n) is 9.04. The molecular formula is C23H23NO5. The van der Waals surface area contributed by atoms with E-state index < -0.39 is 0 Å². The SMILES string of the molecule is COc1cc(OC)c(OC)cc1CNC(=O)c1cccc(Oc2ccccc2)c1. The third kappa shape index (κ3) is 4.99. The fourth-order valence-electron chi connectivity index (χ4n) is 2.83. The quantitative estimate of drug-likeness (QED) is 0.613. The van der Waals surface area contributed by atoms with Crippen LogP contribution in [0.1, 0.15) is 15.9 Å². The lowest BCUT2D eigenvalue weighted by Gasteiger charge is -2.15. The van der Waals surface area contributed by atoms with Gasteiger partial charge in [-0.25, -0.2) is 0 Å². The van der Waals surface area contributed by atoms with E-state index in [1.54, 1.807) is 57.7 Å². The van der Waals surface area contributed by atoms with Crippen LogP contribution in [0.25, 0.3) is 0 Å². The van der Waals surface area contributed by atoms with Crippen molar-refractivity contribution < 1.29 is 23.7 Å². The summed E-state index contributed by atoms with van der Waals surface area (Å²) in [6.45, 7) is 0.270. The lowest BCUT2D eigenvalue weighted by molar-refractivity contribution is 0.0950. The maximum Gasteiger partial charge on any atom is 0.251 e. The first-order chi connectivity index (χ1) is 14.1. The molecule has 0 aliphatic carbocycles. The molecule has 3 rings (SSSR count). The molecule has 0 radical (unpaired) electrons. The van der Waals surface area contributed by atoms with Crippen molar-refractivity contribution in [2.75, 3.05) is 21.3 Å². The first kappa shape index (κ1) is 20.1. The van der Waals surface area contributed by atoms with E-state index in [1.807, 2.05) is 30.3 Å². The predicted molar refractivity (Wildman–Crippen MR) is 110 cm³/mol. The summed E-state index contributed by atoms with van der Waals surface area (Å²) in [6, 6.07) is 20.0. The van der Waals surface area contributed by atoms with Gasteiger partial charge in [0.05, 0.1) is 21.3 Å². The lowest BCUT2D eigenvalue weighted by Crippen LogP contribution is -2.23. The molecule has 3 aromatic rings. The largest absolute Gasteiger partial charge is 0.496 e. The Morgan fingerprint density at radius 1 is 0.759 bits per heavy atom. The van der Waals surface area contributed by atoms with Crippen molar-refractivity contribution >= 4 is 5.91 Å². The smallest absolute Gasteiger partial charge is 0.251 e. The molecular weight excluding hydrogens is 370 g/mol. The van der Waals surface area contributed by atoms with Gasteiger partial charge in [0.25, 0.3) is 5.91 Å². The Morgan fingerprint density at radius 2 is 1.41 bits per heavy atom. The summed E-state index contributed by atoms with van der Waals surface area (Å²) >= 11 is 0. The molecule has 1 amide bonds. The predicted octanol–water partition coefficient (Wildman–Crippen LogP) is 4.43. The zero-order valence-corrected chi connectivity index (χ0v) is 16.6. The number of carbonyl (C=O) groups excluding carboxylic acids is 1. The van der Waals surface area contributed by atoms with Gasteiger partial charge < -0.3 is 24.3 Å². The molecule has 0 fully saturated rings. The first-order valence-corrected chi connectivity index (χ1v) is 9.04. The zero-order valence-electron chi connectivity index (χ0n) is 16.6. The molecule has 6 heteroatoms. The van der Waals surface area contributed by atoms with E-state index >= 15 is 0 Å². The van der Waals surface area contributed by atoms with Crippen LogP contribution < -0.4 is 24.3 Å². The minimum absolute atomic E-state index is 0.222. The molecule has 6 nitrogen and oxygen atoms in total. The van der Waals surface area contributed by atoms with Crippen LogP contribution >= 0.6 is 0 Å². The van der Waals surface area contributed by atoms with Gasteiger partial charge in [0.2, 0.25) is 0 Å². The van der Waals surface area contributed by atoms with Gasteiger partial charge in [-0.05, 0) is 36.4 Å². The Bertz CT molecular complexity index is 972. The number of amides is 1. The van der Waals surface area contributed by atoms with E-state index in [1.165, 1.54) is 0 Å². The minimum Gasteiger partial charge on any atom is -0.496 e. The lowest BCUT2D eigenvalue weighted by atomic mass is 10.1. The van der Waals surface area contributed by atoms with Crippen LogP contribution in [0.2, 0.25) is 0 Å². The Kier molecular flexibility index (Phi) is 6.58. The maximum atomic E-state index is 12.6. The van der Waals surface area contributed by atoms with E-state index in [-0.39, 0.29) is 12.5 Å². The summed E-state index contributed by atoms with van der Waals surface area (Å²) in [5, 5.41) is 2.90. The van der Waals surface area contributed by atoms with Gasteiger partial charge in [-0.2, -0.15) is 0 Å². The molecule has 0 saturated heterocycles. The number of benzene rings is 3. The summed E-state index contributed by atoms with van der Waals surface area (Å²) in [5.41, 5.74) is 1.27. The normalized spacial score (nSPS) is 10.2. The number of ether oxygens (including phenoxy) is 4. The Balaban J connectivity index is 1.72. The van der Waals surface area contributed by atoms with Gasteiger partial charge in [-0.3, -0.25) is 4.79 Å². The highest BCUT2D eigenvalue weighted by atomic mass is 16.5. The fourth-order valence-corrected chi connectivity index (χ4v) is 2.83. The van der Waals surface area contributed by atoms with E-state index in [9.17, 15) is 4.79 Å². The highest BCUT2D eigenvalue weighted by Gasteiger charge is 2.14. The van der Waals surface area contributed by atoms with E-state index in [0.29, 0.717) is 34.3 Å². The van der Waals surface area contributed by atoms with Crippen molar-refractivity contribution in [1.82, 2.24) is 5.32 Å². The summed E-state index contributed by atoms with van der Waals surface area (Å²) in [7, 11) is 4.69. The van der Waals surface area contributed by atoms with Crippen molar-refractivity contribution in [2.45, 2.75) is 6.54 Å². The highest BCUT2D eigenvalue weighted by Crippen LogP contribution is 2.34. The Morgan fingerprint density at radius 3 is 2.10 bits per heavy atom. The number of hydrogen-bond donors (Lipinski definition) is 1. The molecule has 150 valence electrons. The molecule has 0 aromatic heterocycles. The van der Waals surface area contributed by atoms with Gasteiger partial charge >= 0.3 is 0 Å². The van der Waals surface area contributed by atoms with Crippen LogP contribution in [0.4, 0.5) is 0 Å². The number of carbonyl (C=O) groups is 1. The second-order valence-corrected chi connectivity index (χ2v) is 6.14. The van der Waals surface area contributed by atoms with Crippen molar-refractivity contribution in [1.29, 1.82) is 0 Å². The average Bonchev–Trinajstić information content (AvgIpc) is 2.77. The zero-order chi connectivity index (χ0) is 20.6. The standard InChI is InChI=1S/C23H23NO5/c1-26-20-14-22(28-3)21(27-2)13-17(20)15-24-23(25)16-8-7-11-19(12-16)29-18-9-5-4-6-10-18/h4-14H,15H2,1-3H3,(H,24,25). The van der Waals surface area contributed by atoms with Crippen LogP contribution in [-0.2, 0) is 6.54 Å². The highest BCUT2D eigenvalue weighted by molar-refractivity contribution is 5.94. The van der Waals surface area contributed by atoms with Crippen LogP contribution in [0.5, 0.6) is 28.7 Å². The number of methoxy groups -OCH3 is 3. The van der Waals surface area contributed by atoms with Crippen molar-refractivity contribution in [3.63, 3.8) is 0 Å². The average molecular weight is 393 g/mol. The molecule has 29 heavy (non-hydrogen) atoms. The summed E-state index contributed by atoms with van der Waals surface area (Å²) < 4.78 is 21.8. The fraction of sp³-hybridized carbons (Fsp3) is 0.174. The molecule has 0 heterocycles. The molecule has 0 bridgehead atoms. The molecule has 0 saturated carbocycles. The van der Waals surface area contributed by atoms with Crippen LogP contribution in [-0.4, -0.2) is 27.2 Å². The number of para-hydroxylation sites is 1. The van der Waals surface area contributed by atoms with E-state index in [4.69, 9.17) is 18.9 Å². The van der Waals surface area contributed by atoms with Crippen molar-refractivity contribution in [3.05, 3.63) is 77.9 Å². The number of rotatable bonds is 8. The van der Waals surface area contributed by atoms with Gasteiger partial charge in [0.15, 0.2) is 11.5 Å². The van der Waals surface area contributed by atoms with E-state index in [0.717, 1.165) is 5.56 Å². The van der Waals surface area contributed by atoms with Gasteiger partial charge in [-0.1, -0.05) is 24.3 Å². The third-order valence-electron chi connectivity index (χ3n) is 4.30. The molecule has 3 aromatic carbocycles. The maximum absolute atomic E-state index is 12.6. The van der Waals surface area contributed by atoms with Crippen molar-refractivity contribution in [2.24, 2.45) is 0 Å². The molecule has 0 atom stereocenters. The molecule has 0 unspecified atom stereocenters. The molecule has 0 aliphatic rings. The number of hydrogen-bond acceptors (Lipinski definition) is 5. The second kappa shape index (κ2) is 9.50. The molecule has 1 N–H and O–H groups in total. The van der Waals surface area contributed by atoms with Gasteiger partial charge in [0.1, 0.15) is 17.2 Å². The summed E-state index contributed by atoms with van der Waals surface area (Å²) in [5.74, 6) is 2.80. The minimum atomic E-state index is -0.222. The van der Waals surface area contributed by atoms with Crippen LogP contribution in [0, 0.1) is 0 Å². The topological polar surface area (TPSA) is 66.0 Å². The molecule has 0 spiro atoms. The Labute approximate surface area is 170 Å². The third-order valence-corrected chi connectivity index (χ3v) is 4.30. The van der Waals surface area contributed by atoms with Gasteiger partial charge in [0, 0.05) is 23.7 Å².